The molecule has 218 valence electrons. The summed E-state index contributed by atoms with van der Waals surface area (Å²) in [6, 6.07) is 0. The molecule has 5 heteroatoms. The standard InChI is InChI=1S/C33H56O5/c1-28(2)24(36-10)13-15-30(5)20-12-16-31(6)27(33(8)17-14-25(38-33)29(3,4)37-11)23(35-9)19-32(31,7)21(20)18-22(34)26(28)30/h12,21-27,34H,13-19H2,1-11H3/t21?,22-,23?,24-,25?,26-,27?,30?,31?,32-,33+/m0/s1. The third-order valence-electron chi connectivity index (χ3n) is 13.5. The van der Waals surface area contributed by atoms with Crippen LogP contribution in [0.1, 0.15) is 100 Å². The molecule has 4 aliphatic carbocycles. The minimum absolute atomic E-state index is 0.00674. The summed E-state index contributed by atoms with van der Waals surface area (Å²) in [6.45, 7) is 18.8. The third kappa shape index (κ3) is 3.67. The molecule has 0 radical (unpaired) electrons. The predicted octanol–water partition coefficient (Wildman–Crippen LogP) is 6.57. The second-order valence-electron chi connectivity index (χ2n) is 15.8. The van der Waals surface area contributed by atoms with Crippen LogP contribution in [0.15, 0.2) is 11.6 Å². The van der Waals surface area contributed by atoms with Gasteiger partial charge in [0.2, 0.25) is 0 Å². The molecule has 0 aromatic rings. The number of hydrogen-bond acceptors (Lipinski definition) is 5. The molecule has 0 aromatic heterocycles. The Labute approximate surface area is 232 Å². The molecule has 4 fully saturated rings. The number of rotatable bonds is 5. The van der Waals surface area contributed by atoms with Gasteiger partial charge in [0.15, 0.2) is 0 Å². The highest BCUT2D eigenvalue weighted by Crippen LogP contribution is 2.74. The Morgan fingerprint density at radius 2 is 1.61 bits per heavy atom. The summed E-state index contributed by atoms with van der Waals surface area (Å²) in [5, 5.41) is 11.9. The zero-order chi connectivity index (χ0) is 28.1. The molecular formula is C33H56O5. The lowest BCUT2D eigenvalue weighted by molar-refractivity contribution is -0.190. The number of methoxy groups -OCH3 is 3. The average Bonchev–Trinajstić information content (AvgIpc) is 3.35. The summed E-state index contributed by atoms with van der Waals surface area (Å²) in [6.07, 6.45) is 9.74. The monoisotopic (exact) mass is 532 g/mol. The molecule has 0 amide bonds. The van der Waals surface area contributed by atoms with Crippen LogP contribution in [0.4, 0.5) is 0 Å². The lowest BCUT2D eigenvalue weighted by Crippen LogP contribution is -2.62. The van der Waals surface area contributed by atoms with E-state index in [0.29, 0.717) is 5.92 Å². The van der Waals surface area contributed by atoms with Gasteiger partial charge in [-0.1, -0.05) is 46.3 Å². The van der Waals surface area contributed by atoms with E-state index in [1.807, 2.05) is 14.2 Å². The van der Waals surface area contributed by atoms with Crippen molar-refractivity contribution >= 4 is 0 Å². The van der Waals surface area contributed by atoms with E-state index in [-0.39, 0.29) is 69.1 Å². The van der Waals surface area contributed by atoms with Crippen LogP contribution < -0.4 is 0 Å². The maximum atomic E-state index is 11.9. The highest BCUT2D eigenvalue weighted by Gasteiger charge is 2.71. The summed E-state index contributed by atoms with van der Waals surface area (Å²) in [5.41, 5.74) is 1.00. The molecule has 0 aromatic carbocycles. The second kappa shape index (κ2) is 9.02. The Bertz CT molecular complexity index is 957. The van der Waals surface area contributed by atoms with Gasteiger partial charge in [-0.15, -0.1) is 0 Å². The van der Waals surface area contributed by atoms with E-state index in [9.17, 15) is 5.11 Å². The van der Waals surface area contributed by atoms with Crippen molar-refractivity contribution in [2.75, 3.05) is 21.3 Å². The minimum atomic E-state index is -0.334. The van der Waals surface area contributed by atoms with Crippen LogP contribution in [0.25, 0.3) is 0 Å². The van der Waals surface area contributed by atoms with Gasteiger partial charge in [-0.2, -0.15) is 0 Å². The van der Waals surface area contributed by atoms with Crippen LogP contribution in [0.5, 0.6) is 0 Å². The number of hydrogen-bond donors (Lipinski definition) is 1. The highest BCUT2D eigenvalue weighted by molar-refractivity contribution is 5.35. The molecule has 6 unspecified atom stereocenters. The number of aliphatic hydroxyl groups is 1. The molecular weight excluding hydrogens is 476 g/mol. The SMILES string of the molecule is COC1C[C@@]2(C)C3C[C@H](O)[C@@H]4C(C)(CC[C@H](OC)C4(C)C)C3=CCC2(C)C1[C@@]1(C)CCC(C(C)(C)OC)O1. The van der Waals surface area contributed by atoms with Crippen LogP contribution in [-0.4, -0.2) is 62.1 Å². The molecule has 11 atom stereocenters. The van der Waals surface area contributed by atoms with E-state index in [0.717, 1.165) is 44.9 Å². The molecule has 0 spiro atoms. The van der Waals surface area contributed by atoms with Crippen LogP contribution in [0, 0.1) is 39.4 Å². The lowest BCUT2D eigenvalue weighted by Gasteiger charge is -2.65. The van der Waals surface area contributed by atoms with Gasteiger partial charge in [-0.3, -0.25) is 0 Å². The fourth-order valence-electron chi connectivity index (χ4n) is 11.3. The molecule has 1 heterocycles. The van der Waals surface area contributed by atoms with Crippen molar-refractivity contribution in [1.82, 2.24) is 0 Å². The summed E-state index contributed by atoms with van der Waals surface area (Å²) in [4.78, 5) is 0. The van der Waals surface area contributed by atoms with Gasteiger partial charge in [-0.25, -0.2) is 0 Å². The van der Waals surface area contributed by atoms with Gasteiger partial charge < -0.3 is 24.1 Å². The summed E-state index contributed by atoms with van der Waals surface area (Å²) >= 11 is 0. The number of aliphatic hydroxyl groups excluding tert-OH is 1. The van der Waals surface area contributed by atoms with Crippen molar-refractivity contribution in [3.63, 3.8) is 0 Å². The maximum Gasteiger partial charge on any atom is 0.0883 e. The second-order valence-corrected chi connectivity index (χ2v) is 15.8. The van der Waals surface area contributed by atoms with Crippen molar-refractivity contribution in [3.8, 4) is 0 Å². The quantitative estimate of drug-likeness (QED) is 0.406. The molecule has 5 rings (SSSR count). The topological polar surface area (TPSA) is 57.2 Å². The number of fused-ring (bicyclic) bond motifs is 5. The van der Waals surface area contributed by atoms with Crippen LogP contribution in [0.3, 0.4) is 0 Å². The molecule has 1 aliphatic heterocycles. The Hall–Kier alpha value is -0.460. The van der Waals surface area contributed by atoms with E-state index in [4.69, 9.17) is 18.9 Å². The Morgan fingerprint density at radius 1 is 0.921 bits per heavy atom. The first-order chi connectivity index (χ1) is 17.6. The van der Waals surface area contributed by atoms with Gasteiger partial charge in [0.05, 0.1) is 35.6 Å². The average molecular weight is 533 g/mol. The van der Waals surface area contributed by atoms with Gasteiger partial charge in [0.1, 0.15) is 0 Å². The van der Waals surface area contributed by atoms with E-state index in [2.05, 4.69) is 61.5 Å². The molecule has 38 heavy (non-hydrogen) atoms. The Morgan fingerprint density at radius 3 is 2.21 bits per heavy atom. The van der Waals surface area contributed by atoms with E-state index in [1.54, 1.807) is 12.7 Å². The van der Waals surface area contributed by atoms with Crippen molar-refractivity contribution in [3.05, 3.63) is 11.6 Å². The fourth-order valence-corrected chi connectivity index (χ4v) is 11.3. The van der Waals surface area contributed by atoms with Crippen LogP contribution >= 0.6 is 0 Å². The lowest BCUT2D eigenvalue weighted by atomic mass is 9.40. The van der Waals surface area contributed by atoms with Crippen molar-refractivity contribution < 1.29 is 24.1 Å². The maximum absolute atomic E-state index is 11.9. The normalized spacial score (nSPS) is 52.2. The Kier molecular flexibility index (Phi) is 6.89. The van der Waals surface area contributed by atoms with Crippen molar-refractivity contribution in [1.29, 1.82) is 0 Å². The Balaban J connectivity index is 1.55. The minimum Gasteiger partial charge on any atom is -0.393 e. The molecule has 0 bridgehead atoms. The number of allylic oxidation sites excluding steroid dienone is 2. The van der Waals surface area contributed by atoms with Gasteiger partial charge in [-0.05, 0) is 93.3 Å². The van der Waals surface area contributed by atoms with Crippen LogP contribution in [-0.2, 0) is 18.9 Å². The number of ether oxygens (including phenoxy) is 4. The first-order valence-electron chi connectivity index (χ1n) is 15.2. The smallest absolute Gasteiger partial charge is 0.0883 e. The molecule has 5 aliphatic rings. The first-order valence-corrected chi connectivity index (χ1v) is 15.2. The predicted molar refractivity (Wildman–Crippen MR) is 151 cm³/mol. The van der Waals surface area contributed by atoms with E-state index >= 15 is 0 Å². The van der Waals surface area contributed by atoms with Gasteiger partial charge in [0.25, 0.3) is 0 Å². The third-order valence-corrected chi connectivity index (χ3v) is 13.5. The fraction of sp³-hybridized carbons (Fsp3) is 0.939. The molecule has 3 saturated carbocycles. The zero-order valence-corrected chi connectivity index (χ0v) is 26.1. The van der Waals surface area contributed by atoms with Gasteiger partial charge in [0, 0.05) is 33.2 Å². The summed E-state index contributed by atoms with van der Waals surface area (Å²) in [7, 11) is 5.53. The summed E-state index contributed by atoms with van der Waals surface area (Å²) < 4.78 is 25.2. The molecule has 1 N–H and O–H groups in total. The first kappa shape index (κ1) is 29.0. The highest BCUT2D eigenvalue weighted by atomic mass is 16.6. The molecule has 1 saturated heterocycles. The zero-order valence-electron chi connectivity index (χ0n) is 26.1. The van der Waals surface area contributed by atoms with E-state index in [1.165, 1.54) is 0 Å². The van der Waals surface area contributed by atoms with Crippen molar-refractivity contribution in [2.45, 2.75) is 136 Å². The summed E-state index contributed by atoms with van der Waals surface area (Å²) in [5.74, 6) is 0.836. The van der Waals surface area contributed by atoms with E-state index < -0.39 is 0 Å². The molecule has 5 nitrogen and oxygen atoms in total. The largest absolute Gasteiger partial charge is 0.393 e. The van der Waals surface area contributed by atoms with Gasteiger partial charge >= 0.3 is 0 Å². The van der Waals surface area contributed by atoms with Crippen molar-refractivity contribution in [2.24, 2.45) is 39.4 Å². The van der Waals surface area contributed by atoms with Crippen LogP contribution in [0.2, 0.25) is 0 Å².